The lowest BCUT2D eigenvalue weighted by Crippen LogP contribution is -2.33. The van der Waals surface area contributed by atoms with E-state index in [2.05, 4.69) is 11.4 Å². The predicted molar refractivity (Wildman–Crippen MR) is 58.0 cm³/mol. The molecule has 3 unspecified atom stereocenters. The van der Waals surface area contributed by atoms with Crippen molar-refractivity contribution in [2.24, 2.45) is 11.7 Å². The van der Waals surface area contributed by atoms with Crippen LogP contribution in [0.4, 0.5) is 0 Å². The number of nitrogens with two attached hydrogens (primary N) is 1. The molecule has 0 amide bonds. The molecule has 0 spiro atoms. The molecule has 0 heterocycles. The van der Waals surface area contributed by atoms with E-state index in [4.69, 9.17) is 5.73 Å². The van der Waals surface area contributed by atoms with Crippen LogP contribution >= 0.6 is 0 Å². The Labute approximate surface area is 85.9 Å². The van der Waals surface area contributed by atoms with Crippen molar-refractivity contribution >= 4 is 0 Å². The molecular weight excluding hydrogens is 172 g/mol. The minimum absolute atomic E-state index is 0.405. The van der Waals surface area contributed by atoms with Crippen LogP contribution in [-0.2, 0) is 0 Å². The Kier molecular flexibility index (Phi) is 1.96. The molecule has 0 saturated heterocycles. The van der Waals surface area contributed by atoms with Crippen molar-refractivity contribution < 1.29 is 0 Å². The molecule has 0 radical (unpaired) electrons. The van der Waals surface area contributed by atoms with Crippen molar-refractivity contribution in [2.75, 3.05) is 6.54 Å². The molecule has 2 heteroatoms. The first kappa shape index (κ1) is 8.93. The zero-order valence-electron chi connectivity index (χ0n) is 8.76. The summed E-state index contributed by atoms with van der Waals surface area (Å²) in [6.07, 6.45) is 10.3. The van der Waals surface area contributed by atoms with Crippen LogP contribution in [0.3, 0.4) is 0 Å². The van der Waals surface area contributed by atoms with Crippen LogP contribution in [0.2, 0.25) is 0 Å². The van der Waals surface area contributed by atoms with Gasteiger partial charge in [0.25, 0.3) is 0 Å². The lowest BCUT2D eigenvalue weighted by Gasteiger charge is -2.15. The van der Waals surface area contributed by atoms with Crippen molar-refractivity contribution in [1.82, 2.24) is 5.32 Å². The van der Waals surface area contributed by atoms with Crippen molar-refractivity contribution in [1.29, 1.82) is 0 Å². The van der Waals surface area contributed by atoms with Gasteiger partial charge in [0, 0.05) is 18.1 Å². The average molecular weight is 192 g/mol. The Morgan fingerprint density at radius 2 is 2.50 bits per heavy atom. The van der Waals surface area contributed by atoms with Crippen LogP contribution in [-0.4, -0.2) is 18.1 Å². The fraction of sp³-hybridized carbons (Fsp3) is 0.833. The van der Waals surface area contributed by atoms with Crippen molar-refractivity contribution in [3.05, 3.63) is 11.6 Å². The third kappa shape index (κ3) is 1.41. The van der Waals surface area contributed by atoms with E-state index in [0.717, 1.165) is 25.3 Å². The summed E-state index contributed by atoms with van der Waals surface area (Å²) in [6.45, 7) is 1.10. The predicted octanol–water partition coefficient (Wildman–Crippen LogP) is 1.57. The number of fused-ring (bicyclic) bond motifs is 1. The molecule has 0 aliphatic heterocycles. The summed E-state index contributed by atoms with van der Waals surface area (Å²) in [4.78, 5) is 0. The van der Waals surface area contributed by atoms with E-state index in [1.165, 1.54) is 25.7 Å². The maximum absolute atomic E-state index is 5.87. The highest BCUT2D eigenvalue weighted by molar-refractivity contribution is 5.19. The second-order valence-electron chi connectivity index (χ2n) is 5.37. The van der Waals surface area contributed by atoms with E-state index in [9.17, 15) is 0 Å². The van der Waals surface area contributed by atoms with Gasteiger partial charge in [-0.2, -0.15) is 0 Å². The first-order valence-electron chi connectivity index (χ1n) is 5.97. The molecular formula is C12H20N2. The van der Waals surface area contributed by atoms with E-state index in [1.54, 1.807) is 5.57 Å². The second kappa shape index (κ2) is 3.07. The summed E-state index contributed by atoms with van der Waals surface area (Å²) < 4.78 is 0. The van der Waals surface area contributed by atoms with Gasteiger partial charge in [-0.3, -0.25) is 0 Å². The summed E-state index contributed by atoms with van der Waals surface area (Å²) in [7, 11) is 0. The summed E-state index contributed by atoms with van der Waals surface area (Å²) in [5.74, 6) is 1.01. The van der Waals surface area contributed by atoms with Crippen LogP contribution in [0, 0.1) is 5.92 Å². The van der Waals surface area contributed by atoms with Gasteiger partial charge in [0.1, 0.15) is 0 Å². The highest BCUT2D eigenvalue weighted by Gasteiger charge is 2.56. The molecule has 2 fully saturated rings. The van der Waals surface area contributed by atoms with Crippen molar-refractivity contribution in [2.45, 2.75) is 50.1 Å². The van der Waals surface area contributed by atoms with Crippen LogP contribution < -0.4 is 11.1 Å². The third-order valence-corrected chi connectivity index (χ3v) is 4.31. The third-order valence-electron chi connectivity index (χ3n) is 4.31. The lowest BCUT2D eigenvalue weighted by atomic mass is 10.1. The van der Waals surface area contributed by atoms with Gasteiger partial charge in [0.05, 0.1) is 0 Å². The topological polar surface area (TPSA) is 38.0 Å². The molecule has 3 atom stereocenters. The number of hydrogen-bond acceptors (Lipinski definition) is 2. The monoisotopic (exact) mass is 192 g/mol. The number of nitrogens with one attached hydrogen (secondary N) is 1. The molecule has 0 aromatic heterocycles. The van der Waals surface area contributed by atoms with E-state index in [-0.39, 0.29) is 0 Å². The summed E-state index contributed by atoms with van der Waals surface area (Å²) in [5, 5.41) is 3.77. The fourth-order valence-electron chi connectivity index (χ4n) is 3.29. The van der Waals surface area contributed by atoms with Gasteiger partial charge in [-0.25, -0.2) is 0 Å². The van der Waals surface area contributed by atoms with Gasteiger partial charge in [-0.15, -0.1) is 0 Å². The maximum atomic E-state index is 5.87. The molecule has 3 aliphatic carbocycles. The Morgan fingerprint density at radius 1 is 1.57 bits per heavy atom. The SMILES string of the molecule is NC1CC=C(CNC23CCCC2C3)C1. The minimum Gasteiger partial charge on any atom is -0.327 e. The molecule has 2 saturated carbocycles. The van der Waals surface area contributed by atoms with Gasteiger partial charge in [0.2, 0.25) is 0 Å². The first-order chi connectivity index (χ1) is 6.78. The molecule has 14 heavy (non-hydrogen) atoms. The standard InChI is InChI=1S/C12H20N2/c13-11-4-3-9(6-11)8-14-12-5-1-2-10(12)7-12/h3,10-11,14H,1-2,4-8,13H2. The average Bonchev–Trinajstić information content (AvgIpc) is 2.57. The summed E-state index contributed by atoms with van der Waals surface area (Å²) >= 11 is 0. The highest BCUT2D eigenvalue weighted by atomic mass is 15.1. The van der Waals surface area contributed by atoms with E-state index in [1.807, 2.05) is 0 Å². The zero-order valence-corrected chi connectivity index (χ0v) is 8.76. The van der Waals surface area contributed by atoms with Crippen LogP contribution in [0.1, 0.15) is 38.5 Å². The summed E-state index contributed by atoms with van der Waals surface area (Å²) in [5.41, 5.74) is 8.00. The molecule has 0 aromatic rings. The van der Waals surface area contributed by atoms with E-state index in [0.29, 0.717) is 11.6 Å². The molecule has 78 valence electrons. The molecule has 0 bridgehead atoms. The Balaban J connectivity index is 1.51. The summed E-state index contributed by atoms with van der Waals surface area (Å²) in [6, 6.07) is 0.405. The fourth-order valence-corrected chi connectivity index (χ4v) is 3.29. The van der Waals surface area contributed by atoms with Crippen molar-refractivity contribution in [3.63, 3.8) is 0 Å². The molecule has 3 aliphatic rings. The van der Waals surface area contributed by atoms with Crippen LogP contribution in [0.25, 0.3) is 0 Å². The molecule has 3 rings (SSSR count). The maximum Gasteiger partial charge on any atom is 0.0216 e. The van der Waals surface area contributed by atoms with Crippen molar-refractivity contribution in [3.8, 4) is 0 Å². The van der Waals surface area contributed by atoms with E-state index < -0.39 is 0 Å². The number of hydrogen-bond donors (Lipinski definition) is 2. The Morgan fingerprint density at radius 3 is 3.07 bits per heavy atom. The quantitative estimate of drug-likeness (QED) is 0.666. The minimum atomic E-state index is 0.405. The Hall–Kier alpha value is -0.340. The van der Waals surface area contributed by atoms with E-state index >= 15 is 0 Å². The van der Waals surface area contributed by atoms with Crippen LogP contribution in [0.15, 0.2) is 11.6 Å². The normalized spacial score (nSPS) is 45.1. The van der Waals surface area contributed by atoms with Gasteiger partial charge >= 0.3 is 0 Å². The largest absolute Gasteiger partial charge is 0.327 e. The number of rotatable bonds is 3. The molecule has 3 N–H and O–H groups in total. The molecule has 2 nitrogen and oxygen atoms in total. The Bertz CT molecular complexity index is 271. The van der Waals surface area contributed by atoms with Gasteiger partial charge in [0.15, 0.2) is 0 Å². The second-order valence-corrected chi connectivity index (χ2v) is 5.37. The van der Waals surface area contributed by atoms with Gasteiger partial charge < -0.3 is 11.1 Å². The highest BCUT2D eigenvalue weighted by Crippen LogP contribution is 2.55. The smallest absolute Gasteiger partial charge is 0.0216 e. The van der Waals surface area contributed by atoms with Crippen LogP contribution in [0.5, 0.6) is 0 Å². The zero-order chi connectivity index (χ0) is 9.60. The van der Waals surface area contributed by atoms with Gasteiger partial charge in [-0.05, 0) is 38.0 Å². The van der Waals surface area contributed by atoms with Gasteiger partial charge in [-0.1, -0.05) is 18.1 Å². The first-order valence-corrected chi connectivity index (χ1v) is 5.97. The lowest BCUT2D eigenvalue weighted by molar-refractivity contribution is 0.498. The molecule has 0 aromatic carbocycles.